The van der Waals surface area contributed by atoms with Gasteiger partial charge in [0.1, 0.15) is 5.75 Å². The minimum absolute atomic E-state index is 0.0199. The number of hydrogen-bond donors (Lipinski definition) is 2. The number of carbonyl (C=O) groups excluding carboxylic acids is 1. The Morgan fingerprint density at radius 2 is 2.31 bits per heavy atom. The van der Waals surface area contributed by atoms with Crippen LogP contribution < -0.4 is 5.32 Å². The van der Waals surface area contributed by atoms with Gasteiger partial charge in [-0.05, 0) is 24.1 Å². The van der Waals surface area contributed by atoms with Crippen LogP contribution in [0.1, 0.15) is 18.9 Å². The second-order valence-corrected chi connectivity index (χ2v) is 3.98. The van der Waals surface area contributed by atoms with Crippen molar-refractivity contribution in [1.29, 1.82) is 0 Å². The Labute approximate surface area is 100 Å². The third-order valence-electron chi connectivity index (χ3n) is 2.32. The fourth-order valence-corrected chi connectivity index (χ4v) is 1.68. The number of nitrogens with one attached hydrogen (secondary N) is 1. The first kappa shape index (κ1) is 12.8. The Morgan fingerprint density at radius 1 is 1.56 bits per heavy atom. The number of phenolic OH excluding ortho intramolecular Hbond substituents is 1. The fraction of sp³-hybridized carbons (Fsp3) is 0.417. The summed E-state index contributed by atoms with van der Waals surface area (Å²) >= 11 is 5.69. The van der Waals surface area contributed by atoms with Gasteiger partial charge in [0.05, 0.1) is 6.42 Å². The lowest BCUT2D eigenvalue weighted by Crippen LogP contribution is -2.36. The summed E-state index contributed by atoms with van der Waals surface area (Å²) in [7, 11) is 0. The predicted molar refractivity (Wildman–Crippen MR) is 64.8 cm³/mol. The maximum atomic E-state index is 11.6. The Morgan fingerprint density at radius 3 is 2.88 bits per heavy atom. The number of carbonyl (C=O) groups is 1. The zero-order chi connectivity index (χ0) is 12.0. The number of benzene rings is 1. The molecule has 1 amide bonds. The van der Waals surface area contributed by atoms with E-state index in [1.807, 2.05) is 6.92 Å². The van der Waals surface area contributed by atoms with Crippen molar-refractivity contribution in [3.8, 4) is 5.75 Å². The Balaban J connectivity index is 2.51. The lowest BCUT2D eigenvalue weighted by Gasteiger charge is -2.13. The highest BCUT2D eigenvalue weighted by molar-refractivity contribution is 6.18. The van der Waals surface area contributed by atoms with Gasteiger partial charge in [0, 0.05) is 11.9 Å². The highest BCUT2D eigenvalue weighted by Crippen LogP contribution is 2.11. The zero-order valence-corrected chi connectivity index (χ0v) is 10.00. The van der Waals surface area contributed by atoms with E-state index in [1.54, 1.807) is 24.3 Å². The number of hydrogen-bond acceptors (Lipinski definition) is 2. The van der Waals surface area contributed by atoms with Crippen molar-refractivity contribution in [3.63, 3.8) is 0 Å². The molecule has 16 heavy (non-hydrogen) atoms. The smallest absolute Gasteiger partial charge is 0.224 e. The molecule has 0 aliphatic rings. The standard InChI is InChI=1S/C12H16ClNO2/c1-2-10(8-13)14-12(16)7-9-4-3-5-11(15)6-9/h3-6,10,15H,2,7-8H2,1H3,(H,14,16). The molecule has 88 valence electrons. The summed E-state index contributed by atoms with van der Waals surface area (Å²) < 4.78 is 0. The van der Waals surface area contributed by atoms with Crippen LogP contribution in [0.15, 0.2) is 24.3 Å². The molecule has 1 atom stereocenters. The van der Waals surface area contributed by atoms with Crippen LogP contribution in [0.25, 0.3) is 0 Å². The van der Waals surface area contributed by atoms with Gasteiger partial charge in [-0.2, -0.15) is 0 Å². The summed E-state index contributed by atoms with van der Waals surface area (Å²) in [6.07, 6.45) is 1.08. The van der Waals surface area contributed by atoms with E-state index in [4.69, 9.17) is 11.6 Å². The summed E-state index contributed by atoms with van der Waals surface area (Å²) in [6, 6.07) is 6.71. The topological polar surface area (TPSA) is 49.3 Å². The molecule has 0 heterocycles. The van der Waals surface area contributed by atoms with Crippen molar-refractivity contribution in [1.82, 2.24) is 5.32 Å². The molecule has 0 bridgehead atoms. The molecular weight excluding hydrogens is 226 g/mol. The molecule has 1 aromatic carbocycles. The van der Waals surface area contributed by atoms with Gasteiger partial charge < -0.3 is 10.4 Å². The van der Waals surface area contributed by atoms with E-state index in [0.29, 0.717) is 5.88 Å². The van der Waals surface area contributed by atoms with Gasteiger partial charge in [0.15, 0.2) is 0 Å². The molecule has 2 N–H and O–H groups in total. The van der Waals surface area contributed by atoms with Gasteiger partial charge in [0.25, 0.3) is 0 Å². The summed E-state index contributed by atoms with van der Waals surface area (Å²) in [5.74, 6) is 0.523. The van der Waals surface area contributed by atoms with Gasteiger partial charge in [-0.1, -0.05) is 19.1 Å². The van der Waals surface area contributed by atoms with Crippen molar-refractivity contribution >= 4 is 17.5 Å². The van der Waals surface area contributed by atoms with E-state index in [1.165, 1.54) is 0 Å². The lowest BCUT2D eigenvalue weighted by atomic mass is 10.1. The normalized spacial score (nSPS) is 12.1. The number of halogens is 1. The highest BCUT2D eigenvalue weighted by atomic mass is 35.5. The molecule has 0 saturated carbocycles. The zero-order valence-electron chi connectivity index (χ0n) is 9.24. The maximum Gasteiger partial charge on any atom is 0.224 e. The Kier molecular flexibility index (Phi) is 5.12. The van der Waals surface area contributed by atoms with Crippen LogP contribution in [0.2, 0.25) is 0 Å². The highest BCUT2D eigenvalue weighted by Gasteiger charge is 2.09. The van der Waals surface area contributed by atoms with Gasteiger partial charge in [-0.15, -0.1) is 11.6 Å². The van der Waals surface area contributed by atoms with Crippen LogP contribution >= 0.6 is 11.6 Å². The summed E-state index contributed by atoms with van der Waals surface area (Å²) in [4.78, 5) is 11.6. The van der Waals surface area contributed by atoms with Crippen LogP contribution in [-0.4, -0.2) is 22.9 Å². The van der Waals surface area contributed by atoms with E-state index in [2.05, 4.69) is 5.32 Å². The van der Waals surface area contributed by atoms with Gasteiger partial charge >= 0.3 is 0 Å². The largest absolute Gasteiger partial charge is 0.508 e. The van der Waals surface area contributed by atoms with Crippen molar-refractivity contribution in [2.75, 3.05) is 5.88 Å². The van der Waals surface area contributed by atoms with Crippen molar-refractivity contribution < 1.29 is 9.90 Å². The van der Waals surface area contributed by atoms with Crippen LogP contribution in [0.5, 0.6) is 5.75 Å². The molecule has 0 aromatic heterocycles. The second kappa shape index (κ2) is 6.38. The van der Waals surface area contributed by atoms with Gasteiger partial charge in [-0.25, -0.2) is 0 Å². The molecule has 1 unspecified atom stereocenters. The first-order chi connectivity index (χ1) is 7.65. The maximum absolute atomic E-state index is 11.6. The molecular formula is C12H16ClNO2. The lowest BCUT2D eigenvalue weighted by molar-refractivity contribution is -0.121. The van der Waals surface area contributed by atoms with Crippen LogP contribution in [0.4, 0.5) is 0 Å². The molecule has 3 nitrogen and oxygen atoms in total. The molecule has 0 fully saturated rings. The van der Waals surface area contributed by atoms with E-state index in [9.17, 15) is 9.90 Å². The molecule has 0 saturated heterocycles. The molecule has 0 spiro atoms. The molecule has 0 radical (unpaired) electrons. The first-order valence-electron chi connectivity index (χ1n) is 5.29. The second-order valence-electron chi connectivity index (χ2n) is 3.67. The van der Waals surface area contributed by atoms with Crippen LogP contribution in [0.3, 0.4) is 0 Å². The molecule has 0 aliphatic carbocycles. The van der Waals surface area contributed by atoms with Crippen molar-refractivity contribution in [3.05, 3.63) is 29.8 Å². The average molecular weight is 242 g/mol. The molecule has 1 aromatic rings. The minimum Gasteiger partial charge on any atom is -0.508 e. The predicted octanol–water partition coefficient (Wildman–Crippen LogP) is 2.07. The Bertz CT molecular complexity index is 351. The minimum atomic E-state index is -0.0712. The van der Waals surface area contributed by atoms with E-state index >= 15 is 0 Å². The summed E-state index contributed by atoms with van der Waals surface area (Å²) in [5, 5.41) is 12.1. The first-order valence-corrected chi connectivity index (χ1v) is 5.82. The number of amides is 1. The van der Waals surface area contributed by atoms with Gasteiger partial charge in [0.2, 0.25) is 5.91 Å². The number of rotatable bonds is 5. The average Bonchev–Trinajstić information content (AvgIpc) is 2.26. The quantitative estimate of drug-likeness (QED) is 0.776. The third-order valence-corrected chi connectivity index (χ3v) is 2.69. The molecule has 1 rings (SSSR count). The summed E-state index contributed by atoms with van der Waals surface area (Å²) in [6.45, 7) is 1.97. The van der Waals surface area contributed by atoms with E-state index < -0.39 is 0 Å². The van der Waals surface area contributed by atoms with Gasteiger partial charge in [-0.3, -0.25) is 4.79 Å². The van der Waals surface area contributed by atoms with Crippen molar-refractivity contribution in [2.45, 2.75) is 25.8 Å². The molecule has 0 aliphatic heterocycles. The Hall–Kier alpha value is -1.22. The van der Waals surface area contributed by atoms with Crippen LogP contribution in [0, 0.1) is 0 Å². The molecule has 4 heteroatoms. The van der Waals surface area contributed by atoms with Crippen molar-refractivity contribution in [2.24, 2.45) is 0 Å². The van der Waals surface area contributed by atoms with Crippen LogP contribution in [-0.2, 0) is 11.2 Å². The third kappa shape index (κ3) is 4.11. The summed E-state index contributed by atoms with van der Waals surface area (Å²) in [5.41, 5.74) is 0.793. The van der Waals surface area contributed by atoms with E-state index in [0.717, 1.165) is 12.0 Å². The number of alkyl halides is 1. The monoisotopic (exact) mass is 241 g/mol. The number of phenols is 1. The SMILES string of the molecule is CCC(CCl)NC(=O)Cc1cccc(O)c1. The number of aromatic hydroxyl groups is 1. The fourth-order valence-electron chi connectivity index (χ4n) is 1.38. The van der Waals surface area contributed by atoms with E-state index in [-0.39, 0.29) is 24.1 Å².